The lowest BCUT2D eigenvalue weighted by Gasteiger charge is -2.07. The number of carboxylic acids is 1. The van der Waals surface area contributed by atoms with Crippen molar-refractivity contribution >= 4 is 18.0 Å². The van der Waals surface area contributed by atoms with Crippen LogP contribution in [0.4, 0.5) is 0 Å². The quantitative estimate of drug-likeness (QED) is 0.466. The second-order valence-electron chi connectivity index (χ2n) is 5.25. The van der Waals surface area contributed by atoms with E-state index < -0.39 is 11.9 Å². The third kappa shape index (κ3) is 5.21. The van der Waals surface area contributed by atoms with Crippen molar-refractivity contribution in [2.24, 2.45) is 0 Å². The van der Waals surface area contributed by atoms with Crippen molar-refractivity contribution in [2.75, 3.05) is 6.61 Å². The number of rotatable bonds is 7. The number of esters is 1. The van der Waals surface area contributed by atoms with E-state index in [9.17, 15) is 9.59 Å². The van der Waals surface area contributed by atoms with Gasteiger partial charge in [-0.1, -0.05) is 24.3 Å². The largest absolute Gasteiger partial charge is 0.489 e. The molecule has 0 fully saturated rings. The molecule has 6 heteroatoms. The summed E-state index contributed by atoms with van der Waals surface area (Å²) < 4.78 is 10.5. The summed E-state index contributed by atoms with van der Waals surface area (Å²) in [5, 5.41) is 17.9. The Bertz CT molecular complexity index is 845. The fourth-order valence-corrected chi connectivity index (χ4v) is 2.08. The minimum Gasteiger partial charge on any atom is -0.489 e. The molecule has 2 aromatic rings. The van der Waals surface area contributed by atoms with Gasteiger partial charge >= 0.3 is 11.9 Å². The van der Waals surface area contributed by atoms with Crippen LogP contribution in [-0.4, -0.2) is 23.7 Å². The topological polar surface area (TPSA) is 96.6 Å². The Morgan fingerprint density at radius 3 is 2.31 bits per heavy atom. The molecule has 0 spiro atoms. The summed E-state index contributed by atoms with van der Waals surface area (Å²) in [5.41, 5.74) is 1.67. The number of aromatic carboxylic acids is 1. The van der Waals surface area contributed by atoms with Crippen LogP contribution in [-0.2, 0) is 16.1 Å². The van der Waals surface area contributed by atoms with Gasteiger partial charge in [-0.25, -0.2) is 9.59 Å². The van der Waals surface area contributed by atoms with Crippen molar-refractivity contribution in [3.8, 4) is 11.8 Å². The first-order valence-electron chi connectivity index (χ1n) is 7.87. The van der Waals surface area contributed by atoms with E-state index >= 15 is 0 Å². The summed E-state index contributed by atoms with van der Waals surface area (Å²) in [4.78, 5) is 22.4. The monoisotopic (exact) mass is 351 g/mol. The van der Waals surface area contributed by atoms with Crippen LogP contribution in [0, 0.1) is 11.3 Å². The van der Waals surface area contributed by atoms with E-state index in [1.807, 2.05) is 6.07 Å². The number of nitrogens with zero attached hydrogens (tertiary/aromatic N) is 1. The molecule has 2 rings (SSSR count). The molecule has 0 amide bonds. The first kappa shape index (κ1) is 18.7. The molecule has 26 heavy (non-hydrogen) atoms. The smallest absolute Gasteiger partial charge is 0.348 e. The van der Waals surface area contributed by atoms with Crippen LogP contribution in [0.5, 0.6) is 5.75 Å². The molecule has 0 heterocycles. The number of hydrogen-bond acceptors (Lipinski definition) is 5. The lowest BCUT2D eigenvalue weighted by atomic mass is 10.1. The zero-order valence-electron chi connectivity index (χ0n) is 14.1. The van der Waals surface area contributed by atoms with Crippen molar-refractivity contribution in [3.63, 3.8) is 0 Å². The number of benzene rings is 2. The summed E-state index contributed by atoms with van der Waals surface area (Å²) in [6.07, 6.45) is 1.45. The van der Waals surface area contributed by atoms with E-state index in [4.69, 9.17) is 19.8 Å². The number of carbonyl (C=O) groups excluding carboxylic acids is 1. The summed E-state index contributed by atoms with van der Waals surface area (Å²) in [6, 6.07) is 15.1. The number of carbonyl (C=O) groups is 2. The molecule has 0 bridgehead atoms. The Morgan fingerprint density at radius 2 is 1.77 bits per heavy atom. The first-order chi connectivity index (χ1) is 12.5. The van der Waals surface area contributed by atoms with E-state index in [0.29, 0.717) is 17.9 Å². The van der Waals surface area contributed by atoms with Gasteiger partial charge in [0.1, 0.15) is 24.0 Å². The van der Waals surface area contributed by atoms with E-state index in [2.05, 4.69) is 0 Å². The lowest BCUT2D eigenvalue weighted by Crippen LogP contribution is -2.05. The highest BCUT2D eigenvalue weighted by Gasteiger charge is 2.09. The zero-order valence-corrected chi connectivity index (χ0v) is 14.1. The molecule has 0 aliphatic carbocycles. The van der Waals surface area contributed by atoms with Gasteiger partial charge in [0, 0.05) is 0 Å². The van der Waals surface area contributed by atoms with Gasteiger partial charge in [-0.2, -0.15) is 5.26 Å². The van der Waals surface area contributed by atoms with Crippen molar-refractivity contribution in [1.82, 2.24) is 0 Å². The summed E-state index contributed by atoms with van der Waals surface area (Å²) in [6.45, 7) is 2.17. The van der Waals surface area contributed by atoms with Gasteiger partial charge in [-0.15, -0.1) is 0 Å². The molecule has 132 valence electrons. The van der Waals surface area contributed by atoms with Gasteiger partial charge in [0.15, 0.2) is 0 Å². The minimum absolute atomic E-state index is 0.0703. The molecule has 0 unspecified atom stereocenters. The van der Waals surface area contributed by atoms with Crippen LogP contribution in [0.1, 0.15) is 28.4 Å². The predicted octanol–water partition coefficient (Wildman–Crippen LogP) is 3.43. The van der Waals surface area contributed by atoms with Crippen molar-refractivity contribution < 1.29 is 24.2 Å². The van der Waals surface area contributed by atoms with Gasteiger partial charge in [-0.3, -0.25) is 0 Å². The average Bonchev–Trinajstić information content (AvgIpc) is 2.65. The molecule has 1 N–H and O–H groups in total. The fourth-order valence-electron chi connectivity index (χ4n) is 2.08. The van der Waals surface area contributed by atoms with Crippen molar-refractivity contribution in [3.05, 3.63) is 70.8 Å². The molecular formula is C20H17NO5. The fraction of sp³-hybridized carbons (Fsp3) is 0.150. The Balaban J connectivity index is 2.00. The zero-order chi connectivity index (χ0) is 18.9. The summed E-state index contributed by atoms with van der Waals surface area (Å²) in [7, 11) is 0. The second-order valence-corrected chi connectivity index (χ2v) is 5.25. The lowest BCUT2D eigenvalue weighted by molar-refractivity contribution is -0.137. The van der Waals surface area contributed by atoms with Crippen LogP contribution < -0.4 is 4.74 Å². The van der Waals surface area contributed by atoms with Crippen LogP contribution in [0.3, 0.4) is 0 Å². The Hall–Kier alpha value is -3.59. The molecule has 2 aromatic carbocycles. The Kier molecular flexibility index (Phi) is 6.52. The molecule has 0 saturated heterocycles. The maximum Gasteiger partial charge on any atom is 0.348 e. The third-order valence-corrected chi connectivity index (χ3v) is 3.41. The van der Waals surface area contributed by atoms with Crippen molar-refractivity contribution in [2.45, 2.75) is 13.5 Å². The third-order valence-electron chi connectivity index (χ3n) is 3.41. The first-order valence-corrected chi connectivity index (χ1v) is 7.87. The van der Waals surface area contributed by atoms with Gasteiger partial charge < -0.3 is 14.6 Å². The number of carboxylic acid groups (broad SMARTS) is 1. The van der Waals surface area contributed by atoms with Gasteiger partial charge in [-0.05, 0) is 48.4 Å². The molecule has 0 atom stereocenters. The molecule has 6 nitrogen and oxygen atoms in total. The average molecular weight is 351 g/mol. The Labute approximate surface area is 150 Å². The normalized spacial score (nSPS) is 10.7. The second kappa shape index (κ2) is 9.04. The summed E-state index contributed by atoms with van der Waals surface area (Å²) in [5.74, 6) is -1.01. The SMILES string of the molecule is CCOC(=O)/C(C#N)=C\c1ccc(OCc2ccc(C(=O)O)cc2)cc1. The summed E-state index contributed by atoms with van der Waals surface area (Å²) >= 11 is 0. The predicted molar refractivity (Wildman–Crippen MR) is 94.4 cm³/mol. The highest BCUT2D eigenvalue weighted by atomic mass is 16.5. The van der Waals surface area contributed by atoms with Gasteiger partial charge in [0.2, 0.25) is 0 Å². The van der Waals surface area contributed by atoms with Gasteiger partial charge in [0.05, 0.1) is 12.2 Å². The van der Waals surface area contributed by atoms with Gasteiger partial charge in [0.25, 0.3) is 0 Å². The minimum atomic E-state index is -0.972. The number of ether oxygens (including phenoxy) is 2. The molecule has 0 radical (unpaired) electrons. The van der Waals surface area contributed by atoms with E-state index in [1.165, 1.54) is 18.2 Å². The van der Waals surface area contributed by atoms with Crippen molar-refractivity contribution in [1.29, 1.82) is 5.26 Å². The van der Waals surface area contributed by atoms with Crippen LogP contribution in [0.15, 0.2) is 54.1 Å². The Morgan fingerprint density at radius 1 is 1.12 bits per heavy atom. The number of nitriles is 1. The molecule has 0 aliphatic heterocycles. The number of hydrogen-bond donors (Lipinski definition) is 1. The van der Waals surface area contributed by atoms with E-state index in [1.54, 1.807) is 43.3 Å². The molecular weight excluding hydrogens is 334 g/mol. The van der Waals surface area contributed by atoms with E-state index in [-0.39, 0.29) is 17.7 Å². The maximum atomic E-state index is 11.6. The molecule has 0 saturated carbocycles. The standard InChI is InChI=1S/C20H17NO5/c1-2-25-20(24)17(12-21)11-14-5-9-18(10-6-14)26-13-15-3-7-16(8-4-15)19(22)23/h3-11H,2,13H2,1H3,(H,22,23)/b17-11-. The maximum absolute atomic E-state index is 11.6. The van der Waals surface area contributed by atoms with E-state index in [0.717, 1.165) is 5.56 Å². The highest BCUT2D eigenvalue weighted by molar-refractivity contribution is 5.97. The highest BCUT2D eigenvalue weighted by Crippen LogP contribution is 2.17. The molecule has 0 aromatic heterocycles. The van der Waals surface area contributed by atoms with Crippen LogP contribution in [0.25, 0.3) is 6.08 Å². The molecule has 0 aliphatic rings. The van der Waals surface area contributed by atoms with Crippen LogP contribution in [0.2, 0.25) is 0 Å². The van der Waals surface area contributed by atoms with Crippen LogP contribution >= 0.6 is 0 Å².